The lowest BCUT2D eigenvalue weighted by molar-refractivity contribution is -0.160. The Bertz CT molecular complexity index is 281. The molecule has 2 atom stereocenters. The molecule has 0 aromatic heterocycles. The van der Waals surface area contributed by atoms with Crippen molar-refractivity contribution in [2.75, 3.05) is 0 Å². The van der Waals surface area contributed by atoms with Crippen molar-refractivity contribution in [1.82, 2.24) is 5.32 Å². The molecule has 106 valence electrons. The Morgan fingerprint density at radius 1 is 1.22 bits per heavy atom. The number of carbonyl (C=O) groups excluding carboxylic acids is 2. The first-order valence-corrected chi connectivity index (χ1v) is 6.73. The highest BCUT2D eigenvalue weighted by molar-refractivity contribution is 5.84. The monoisotopic (exact) mass is 257 g/mol. The minimum absolute atomic E-state index is 0.0701. The van der Waals surface area contributed by atoms with Gasteiger partial charge in [0.15, 0.2) is 0 Å². The number of esters is 1. The predicted octanol–water partition coefficient (Wildman–Crippen LogP) is 2.66. The van der Waals surface area contributed by atoms with Gasteiger partial charge in [0.25, 0.3) is 0 Å². The largest absolute Gasteiger partial charge is 0.458 e. The zero-order valence-electron chi connectivity index (χ0n) is 12.5. The second-order valence-electron chi connectivity index (χ2n) is 5.71. The molecule has 0 aliphatic carbocycles. The summed E-state index contributed by atoms with van der Waals surface area (Å²) in [6.45, 7) is 11.4. The van der Waals surface area contributed by atoms with Gasteiger partial charge in [-0.3, -0.25) is 4.79 Å². The molecule has 0 aliphatic heterocycles. The predicted molar refractivity (Wildman–Crippen MR) is 72.1 cm³/mol. The molecule has 0 rings (SSSR count). The lowest BCUT2D eigenvalue weighted by Gasteiger charge is -2.27. The van der Waals surface area contributed by atoms with Crippen LogP contribution in [-0.4, -0.2) is 23.5 Å². The molecule has 0 heterocycles. The van der Waals surface area contributed by atoms with Gasteiger partial charge < -0.3 is 10.1 Å². The molecule has 4 heteroatoms. The van der Waals surface area contributed by atoms with E-state index >= 15 is 0 Å². The van der Waals surface area contributed by atoms with Crippen LogP contribution in [-0.2, 0) is 14.3 Å². The maximum absolute atomic E-state index is 12.1. The minimum Gasteiger partial charge on any atom is -0.458 e. The molecule has 0 unspecified atom stereocenters. The van der Waals surface area contributed by atoms with Gasteiger partial charge in [-0.2, -0.15) is 0 Å². The van der Waals surface area contributed by atoms with E-state index in [0.29, 0.717) is 6.42 Å². The summed E-state index contributed by atoms with van der Waals surface area (Å²) in [6.07, 6.45) is 2.03. The molecule has 0 saturated carbocycles. The summed E-state index contributed by atoms with van der Waals surface area (Å²) in [5, 5.41) is 2.78. The summed E-state index contributed by atoms with van der Waals surface area (Å²) >= 11 is 0. The van der Waals surface area contributed by atoms with Gasteiger partial charge in [0.05, 0.1) is 0 Å². The summed E-state index contributed by atoms with van der Waals surface area (Å²) in [4.78, 5) is 23.7. The molecule has 0 saturated heterocycles. The van der Waals surface area contributed by atoms with Gasteiger partial charge in [-0.25, -0.2) is 4.79 Å². The highest BCUT2D eigenvalue weighted by Gasteiger charge is 2.30. The SMILES string of the molecule is CCCC(=O)N[C@H](C(=O)OC(C)(C)C)[C@@H](C)CC. The molecule has 0 bridgehead atoms. The fourth-order valence-electron chi connectivity index (χ4n) is 1.51. The molecule has 0 aromatic rings. The molecule has 1 amide bonds. The van der Waals surface area contributed by atoms with Crippen LogP contribution in [0.5, 0.6) is 0 Å². The highest BCUT2D eigenvalue weighted by Crippen LogP contribution is 2.15. The van der Waals surface area contributed by atoms with Gasteiger partial charge in [0.1, 0.15) is 11.6 Å². The molecular weight excluding hydrogens is 230 g/mol. The number of nitrogens with one attached hydrogen (secondary N) is 1. The normalized spacial score (nSPS) is 14.8. The molecule has 18 heavy (non-hydrogen) atoms. The van der Waals surface area contributed by atoms with E-state index in [1.165, 1.54) is 0 Å². The summed E-state index contributed by atoms with van der Waals surface area (Å²) in [7, 11) is 0. The first-order chi connectivity index (χ1) is 8.21. The molecule has 4 nitrogen and oxygen atoms in total. The Hall–Kier alpha value is -1.06. The summed E-state index contributed by atoms with van der Waals surface area (Å²) < 4.78 is 5.35. The van der Waals surface area contributed by atoms with Gasteiger partial charge in [-0.05, 0) is 33.1 Å². The number of ether oxygens (including phenoxy) is 1. The Labute approximate surface area is 110 Å². The van der Waals surface area contributed by atoms with Gasteiger partial charge >= 0.3 is 5.97 Å². The maximum Gasteiger partial charge on any atom is 0.329 e. The molecule has 0 aliphatic rings. The van der Waals surface area contributed by atoms with E-state index in [1.54, 1.807) is 0 Å². The fourth-order valence-corrected chi connectivity index (χ4v) is 1.51. The standard InChI is InChI=1S/C14H27NO3/c1-7-9-11(16)15-12(10(3)8-2)13(17)18-14(4,5)6/h10,12H,7-9H2,1-6H3,(H,15,16)/t10-,12-/m0/s1. The van der Waals surface area contributed by atoms with Crippen molar-refractivity contribution in [3.63, 3.8) is 0 Å². The van der Waals surface area contributed by atoms with Crippen molar-refractivity contribution in [3.05, 3.63) is 0 Å². The van der Waals surface area contributed by atoms with Crippen LogP contribution in [0.2, 0.25) is 0 Å². The highest BCUT2D eigenvalue weighted by atomic mass is 16.6. The van der Waals surface area contributed by atoms with Crippen LogP contribution in [0.25, 0.3) is 0 Å². The topological polar surface area (TPSA) is 55.4 Å². The van der Waals surface area contributed by atoms with Crippen molar-refractivity contribution < 1.29 is 14.3 Å². The van der Waals surface area contributed by atoms with Crippen LogP contribution in [0, 0.1) is 5.92 Å². The lowest BCUT2D eigenvalue weighted by atomic mass is 9.98. The Balaban J connectivity index is 4.68. The number of rotatable bonds is 6. The van der Waals surface area contributed by atoms with Crippen LogP contribution in [0.3, 0.4) is 0 Å². The Morgan fingerprint density at radius 3 is 2.17 bits per heavy atom. The average Bonchev–Trinajstić information content (AvgIpc) is 2.22. The first kappa shape index (κ1) is 16.9. The number of hydrogen-bond donors (Lipinski definition) is 1. The van der Waals surface area contributed by atoms with E-state index in [9.17, 15) is 9.59 Å². The zero-order chi connectivity index (χ0) is 14.3. The molecule has 0 aromatic carbocycles. The minimum atomic E-state index is -0.548. The molecule has 0 spiro atoms. The van der Waals surface area contributed by atoms with E-state index in [4.69, 9.17) is 4.74 Å². The van der Waals surface area contributed by atoms with Gasteiger partial charge in [0.2, 0.25) is 5.91 Å². The van der Waals surface area contributed by atoms with E-state index in [-0.39, 0.29) is 17.8 Å². The van der Waals surface area contributed by atoms with Gasteiger partial charge in [-0.15, -0.1) is 0 Å². The van der Waals surface area contributed by atoms with E-state index in [1.807, 2.05) is 41.5 Å². The smallest absolute Gasteiger partial charge is 0.329 e. The number of amides is 1. The van der Waals surface area contributed by atoms with Crippen LogP contribution < -0.4 is 5.32 Å². The number of carbonyl (C=O) groups is 2. The maximum atomic E-state index is 12.1. The number of hydrogen-bond acceptors (Lipinski definition) is 3. The zero-order valence-corrected chi connectivity index (χ0v) is 12.5. The van der Waals surface area contributed by atoms with Crippen LogP contribution in [0.15, 0.2) is 0 Å². The van der Waals surface area contributed by atoms with Crippen LogP contribution >= 0.6 is 0 Å². The Kier molecular flexibility index (Phi) is 6.96. The second kappa shape index (κ2) is 7.39. The fraction of sp³-hybridized carbons (Fsp3) is 0.857. The summed E-state index contributed by atoms with van der Waals surface area (Å²) in [5.41, 5.74) is -0.529. The molecule has 1 N–H and O–H groups in total. The van der Waals surface area contributed by atoms with E-state index < -0.39 is 11.6 Å². The second-order valence-corrected chi connectivity index (χ2v) is 5.71. The summed E-state index contributed by atoms with van der Waals surface area (Å²) in [6, 6.07) is -0.548. The molecule has 0 radical (unpaired) electrons. The van der Waals surface area contributed by atoms with Crippen molar-refractivity contribution in [3.8, 4) is 0 Å². The third kappa shape index (κ3) is 6.62. The third-order valence-electron chi connectivity index (χ3n) is 2.67. The molecular formula is C14H27NO3. The van der Waals surface area contributed by atoms with Gasteiger partial charge in [0, 0.05) is 6.42 Å². The van der Waals surface area contributed by atoms with E-state index in [2.05, 4.69) is 5.32 Å². The van der Waals surface area contributed by atoms with Gasteiger partial charge in [-0.1, -0.05) is 27.2 Å². The van der Waals surface area contributed by atoms with Crippen molar-refractivity contribution >= 4 is 11.9 Å². The van der Waals surface area contributed by atoms with Crippen LogP contribution in [0.4, 0.5) is 0 Å². The van der Waals surface area contributed by atoms with E-state index in [0.717, 1.165) is 12.8 Å². The van der Waals surface area contributed by atoms with Crippen LogP contribution in [0.1, 0.15) is 60.8 Å². The third-order valence-corrected chi connectivity index (χ3v) is 2.67. The quantitative estimate of drug-likeness (QED) is 0.744. The van der Waals surface area contributed by atoms with Crippen molar-refractivity contribution in [1.29, 1.82) is 0 Å². The first-order valence-electron chi connectivity index (χ1n) is 6.73. The molecule has 0 fully saturated rings. The summed E-state index contributed by atoms with van der Waals surface area (Å²) in [5.74, 6) is -0.365. The van der Waals surface area contributed by atoms with Crippen molar-refractivity contribution in [2.45, 2.75) is 72.4 Å². The Morgan fingerprint density at radius 2 is 1.78 bits per heavy atom. The lowest BCUT2D eigenvalue weighted by Crippen LogP contribution is -2.47. The average molecular weight is 257 g/mol. The van der Waals surface area contributed by atoms with Crippen molar-refractivity contribution in [2.24, 2.45) is 5.92 Å².